The Kier molecular flexibility index (Phi) is 2.43. The lowest BCUT2D eigenvalue weighted by Gasteiger charge is -2.16. The molecule has 0 bridgehead atoms. The van der Waals surface area contributed by atoms with Gasteiger partial charge in [-0.25, -0.2) is 0 Å². The minimum Gasteiger partial charge on any atom is -0.357 e. The van der Waals surface area contributed by atoms with Gasteiger partial charge in [0.1, 0.15) is 0 Å². The Labute approximate surface area is 64.6 Å². The van der Waals surface area contributed by atoms with Crippen molar-refractivity contribution in [3.8, 4) is 0 Å². The molecule has 62 valence electrons. The summed E-state index contributed by atoms with van der Waals surface area (Å²) in [4.78, 5) is 11.2. The van der Waals surface area contributed by atoms with Gasteiger partial charge in [0, 0.05) is 6.54 Å². The second-order valence-electron chi connectivity index (χ2n) is 2.53. The maximum absolute atomic E-state index is 9.91. The molecule has 1 atom stereocenters. The van der Waals surface area contributed by atoms with Crippen molar-refractivity contribution in [1.29, 1.82) is 0 Å². The average Bonchev–Trinajstić information content (AvgIpc) is 2.31. The quantitative estimate of drug-likeness (QED) is 0.456. The van der Waals surface area contributed by atoms with Gasteiger partial charge in [0.2, 0.25) is 6.20 Å². The van der Waals surface area contributed by atoms with E-state index in [1.807, 2.05) is 0 Å². The van der Waals surface area contributed by atoms with E-state index in [0.29, 0.717) is 0 Å². The predicted molar refractivity (Wildman–Crippen MR) is 40.0 cm³/mol. The van der Waals surface area contributed by atoms with Gasteiger partial charge in [-0.15, -0.1) is 0 Å². The van der Waals surface area contributed by atoms with E-state index in [1.165, 1.54) is 6.20 Å². The van der Waals surface area contributed by atoms with Gasteiger partial charge in [-0.2, -0.15) is 0 Å². The first-order valence-electron chi connectivity index (χ1n) is 3.53. The molecular formula is C6H11N3O2. The molecule has 0 radical (unpaired) electrons. The first-order valence-corrected chi connectivity index (χ1v) is 3.53. The molecule has 5 nitrogen and oxygen atoms in total. The Morgan fingerprint density at radius 1 is 1.73 bits per heavy atom. The van der Waals surface area contributed by atoms with E-state index in [9.17, 15) is 10.1 Å². The smallest absolute Gasteiger partial charge is 0.250 e. The predicted octanol–water partition coefficient (Wildman–Crippen LogP) is 0.115. The number of nitrogens with zero attached hydrogens (tertiary/aromatic N) is 2. The number of hydrogen-bond donors (Lipinski definition) is 1. The summed E-state index contributed by atoms with van der Waals surface area (Å²) in [5.41, 5.74) is 5.62. The molecule has 1 fully saturated rings. The van der Waals surface area contributed by atoms with E-state index in [-0.39, 0.29) is 6.17 Å². The number of rotatable bonds is 2. The third kappa shape index (κ3) is 2.19. The van der Waals surface area contributed by atoms with Crippen molar-refractivity contribution in [2.24, 2.45) is 5.73 Å². The van der Waals surface area contributed by atoms with Gasteiger partial charge in [0.15, 0.2) is 0 Å². The normalized spacial score (nSPS) is 24.8. The maximum Gasteiger partial charge on any atom is 0.250 e. The minimum absolute atomic E-state index is 0.0359. The molecule has 0 aromatic heterocycles. The molecule has 0 spiro atoms. The van der Waals surface area contributed by atoms with Crippen molar-refractivity contribution < 1.29 is 4.92 Å². The molecule has 1 saturated heterocycles. The largest absolute Gasteiger partial charge is 0.357 e. The van der Waals surface area contributed by atoms with Gasteiger partial charge in [-0.1, -0.05) is 0 Å². The van der Waals surface area contributed by atoms with Crippen LogP contribution in [0.2, 0.25) is 0 Å². The third-order valence-corrected chi connectivity index (χ3v) is 1.72. The summed E-state index contributed by atoms with van der Waals surface area (Å²) in [5, 5.41) is 9.91. The fourth-order valence-corrected chi connectivity index (χ4v) is 1.14. The van der Waals surface area contributed by atoms with Gasteiger partial charge in [-0.3, -0.25) is 10.1 Å². The van der Waals surface area contributed by atoms with Gasteiger partial charge in [-0.05, 0) is 12.8 Å². The lowest BCUT2D eigenvalue weighted by molar-refractivity contribution is -0.403. The first kappa shape index (κ1) is 8.00. The highest BCUT2D eigenvalue weighted by Gasteiger charge is 2.17. The van der Waals surface area contributed by atoms with Crippen molar-refractivity contribution in [2.75, 3.05) is 6.54 Å². The Hall–Kier alpha value is -1.10. The second kappa shape index (κ2) is 3.34. The van der Waals surface area contributed by atoms with Crippen LogP contribution in [-0.4, -0.2) is 22.5 Å². The molecule has 1 unspecified atom stereocenters. The minimum atomic E-state index is -0.481. The molecule has 1 rings (SSSR count). The van der Waals surface area contributed by atoms with Crippen LogP contribution < -0.4 is 5.73 Å². The lowest BCUT2D eigenvalue weighted by Crippen LogP contribution is -2.32. The summed E-state index contributed by atoms with van der Waals surface area (Å²) in [6.45, 7) is 0.825. The third-order valence-electron chi connectivity index (χ3n) is 1.72. The zero-order valence-electron chi connectivity index (χ0n) is 6.14. The van der Waals surface area contributed by atoms with E-state index in [0.717, 1.165) is 25.6 Å². The summed E-state index contributed by atoms with van der Waals surface area (Å²) >= 11 is 0. The van der Waals surface area contributed by atoms with E-state index < -0.39 is 4.92 Å². The Morgan fingerprint density at radius 3 is 2.91 bits per heavy atom. The topological polar surface area (TPSA) is 72.4 Å². The lowest BCUT2D eigenvalue weighted by atomic mass is 10.3. The van der Waals surface area contributed by atoms with Crippen LogP contribution in [0.5, 0.6) is 0 Å². The zero-order valence-corrected chi connectivity index (χ0v) is 6.14. The summed E-state index contributed by atoms with van der Waals surface area (Å²) in [6.07, 6.45) is 4.26. The Bertz CT molecular complexity index is 181. The number of nitro groups is 1. The summed E-state index contributed by atoms with van der Waals surface area (Å²) < 4.78 is 0. The molecule has 5 heteroatoms. The van der Waals surface area contributed by atoms with Crippen LogP contribution in [0.15, 0.2) is 12.4 Å². The van der Waals surface area contributed by atoms with Gasteiger partial charge < -0.3 is 10.6 Å². The first-order chi connectivity index (χ1) is 5.20. The number of nitrogens with two attached hydrogens (primary N) is 1. The van der Waals surface area contributed by atoms with E-state index in [2.05, 4.69) is 0 Å². The highest BCUT2D eigenvalue weighted by molar-refractivity contribution is 4.83. The monoisotopic (exact) mass is 157 g/mol. The SMILES string of the molecule is NC1CCCN1C=C[N+](=O)[O-]. The molecular weight excluding hydrogens is 146 g/mol. The molecule has 0 amide bonds. The fraction of sp³-hybridized carbons (Fsp3) is 0.667. The molecule has 1 heterocycles. The van der Waals surface area contributed by atoms with Crippen molar-refractivity contribution >= 4 is 0 Å². The standard InChI is InChI=1S/C6H11N3O2/c7-6-2-1-3-8(6)4-5-9(10)11/h4-6H,1-3,7H2. The molecule has 11 heavy (non-hydrogen) atoms. The summed E-state index contributed by atoms with van der Waals surface area (Å²) in [5.74, 6) is 0. The average molecular weight is 157 g/mol. The molecule has 0 aliphatic carbocycles. The second-order valence-corrected chi connectivity index (χ2v) is 2.53. The van der Waals surface area contributed by atoms with Gasteiger partial charge >= 0.3 is 0 Å². The van der Waals surface area contributed by atoms with E-state index >= 15 is 0 Å². The molecule has 2 N–H and O–H groups in total. The van der Waals surface area contributed by atoms with Crippen molar-refractivity contribution in [3.05, 3.63) is 22.5 Å². The van der Waals surface area contributed by atoms with Crippen molar-refractivity contribution in [1.82, 2.24) is 4.90 Å². The number of hydrogen-bond acceptors (Lipinski definition) is 4. The maximum atomic E-state index is 9.91. The van der Waals surface area contributed by atoms with Crippen molar-refractivity contribution in [2.45, 2.75) is 19.0 Å². The number of likely N-dealkylation sites (tertiary alicyclic amines) is 1. The molecule has 1 aliphatic heterocycles. The fourth-order valence-electron chi connectivity index (χ4n) is 1.14. The summed E-state index contributed by atoms with van der Waals surface area (Å²) in [7, 11) is 0. The Morgan fingerprint density at radius 2 is 2.45 bits per heavy atom. The van der Waals surface area contributed by atoms with Gasteiger partial charge in [0.05, 0.1) is 17.3 Å². The van der Waals surface area contributed by atoms with Crippen LogP contribution in [0.1, 0.15) is 12.8 Å². The zero-order chi connectivity index (χ0) is 8.27. The highest BCUT2D eigenvalue weighted by atomic mass is 16.6. The Balaban J connectivity index is 2.42. The van der Waals surface area contributed by atoms with E-state index in [4.69, 9.17) is 5.73 Å². The van der Waals surface area contributed by atoms with Crippen LogP contribution in [0.25, 0.3) is 0 Å². The van der Waals surface area contributed by atoms with Crippen LogP contribution >= 0.6 is 0 Å². The molecule has 0 aromatic rings. The molecule has 0 aromatic carbocycles. The van der Waals surface area contributed by atoms with E-state index in [1.54, 1.807) is 4.90 Å². The van der Waals surface area contributed by atoms with Crippen molar-refractivity contribution in [3.63, 3.8) is 0 Å². The van der Waals surface area contributed by atoms with Gasteiger partial charge in [0.25, 0.3) is 0 Å². The molecule has 0 saturated carbocycles. The summed E-state index contributed by atoms with van der Waals surface area (Å²) in [6, 6.07) is 0. The van der Waals surface area contributed by atoms with Crippen LogP contribution in [0.3, 0.4) is 0 Å². The van der Waals surface area contributed by atoms with Crippen LogP contribution in [0.4, 0.5) is 0 Å². The molecule has 1 aliphatic rings. The van der Waals surface area contributed by atoms with Crippen LogP contribution in [0, 0.1) is 10.1 Å². The van der Waals surface area contributed by atoms with Crippen LogP contribution in [-0.2, 0) is 0 Å². The highest BCUT2D eigenvalue weighted by Crippen LogP contribution is 2.12.